The first-order chi connectivity index (χ1) is 13.0. The van der Waals surface area contributed by atoms with Crippen LogP contribution in [0.1, 0.15) is 41.7 Å². The zero-order valence-corrected chi connectivity index (χ0v) is 15.5. The van der Waals surface area contributed by atoms with Gasteiger partial charge in [0.25, 0.3) is 0 Å². The van der Waals surface area contributed by atoms with Crippen molar-refractivity contribution in [2.75, 3.05) is 0 Å². The van der Waals surface area contributed by atoms with Crippen molar-refractivity contribution < 1.29 is 8.87 Å². The number of benzene rings is 3. The molecule has 4 heterocycles. The number of quaternary nitrogens is 1. The molecule has 2 heteroatoms. The van der Waals surface area contributed by atoms with Crippen molar-refractivity contribution in [2.24, 2.45) is 0 Å². The lowest BCUT2D eigenvalue weighted by Crippen LogP contribution is -2.45. The molecule has 1 nitrogen and oxygen atoms in total. The Labute approximate surface area is 158 Å². The average Bonchev–Trinajstić information content (AvgIpc) is 3.49. The van der Waals surface area contributed by atoms with E-state index in [4.69, 9.17) is 0 Å². The lowest BCUT2D eigenvalue weighted by Gasteiger charge is -2.30. The normalized spacial score (nSPS) is 40.8. The Balaban J connectivity index is 1.50. The third kappa shape index (κ3) is 1.10. The van der Waals surface area contributed by atoms with E-state index in [0.29, 0.717) is 6.04 Å². The van der Waals surface area contributed by atoms with E-state index >= 15 is 0 Å². The summed E-state index contributed by atoms with van der Waals surface area (Å²) in [6, 6.07) is 26.0. The van der Waals surface area contributed by atoms with Gasteiger partial charge >= 0.3 is 0 Å². The Bertz CT molecular complexity index is 1170. The van der Waals surface area contributed by atoms with Crippen LogP contribution in [-0.4, -0.2) is 10.5 Å². The van der Waals surface area contributed by atoms with Crippen LogP contribution < -0.4 is 0 Å². The molecule has 5 atom stereocenters. The zero-order valence-electron chi connectivity index (χ0n) is 15.5. The van der Waals surface area contributed by atoms with E-state index in [1.807, 2.05) is 12.1 Å². The molecule has 0 saturated carbocycles. The first-order valence-electron chi connectivity index (χ1n) is 9.88. The maximum absolute atomic E-state index is 13.5. The Morgan fingerprint density at radius 1 is 0.778 bits per heavy atom. The Morgan fingerprint density at radius 3 is 2.00 bits per heavy atom. The van der Waals surface area contributed by atoms with Gasteiger partial charge < -0.3 is 0 Å². The summed E-state index contributed by atoms with van der Waals surface area (Å²) in [5, 5.41) is 0. The van der Waals surface area contributed by atoms with Crippen molar-refractivity contribution in [3.63, 3.8) is 0 Å². The van der Waals surface area contributed by atoms with Crippen molar-refractivity contribution in [3.8, 4) is 0 Å². The van der Waals surface area contributed by atoms with E-state index in [1.54, 1.807) is 17.7 Å². The van der Waals surface area contributed by atoms with Crippen LogP contribution in [0.5, 0.6) is 0 Å². The monoisotopic (exact) mass is 354 g/mol. The second kappa shape index (κ2) is 3.88. The summed E-state index contributed by atoms with van der Waals surface area (Å²) in [6.45, 7) is 4.94. The van der Waals surface area contributed by atoms with E-state index in [0.717, 1.165) is 10.9 Å². The van der Waals surface area contributed by atoms with Gasteiger partial charge in [-0.1, -0.05) is 60.7 Å². The fraction of sp³-hybridized carbons (Fsp3) is 0.280. The highest BCUT2D eigenvalue weighted by atomic mass is 19.1. The van der Waals surface area contributed by atoms with Crippen LogP contribution in [0.25, 0.3) is 0 Å². The Kier molecular flexibility index (Phi) is 2.10. The quantitative estimate of drug-likeness (QED) is 0.450. The molecule has 3 unspecified atom stereocenters. The van der Waals surface area contributed by atoms with Crippen LogP contribution in [0, 0.1) is 5.82 Å². The molecular weight excluding hydrogens is 333 g/mol. The molecule has 27 heavy (non-hydrogen) atoms. The van der Waals surface area contributed by atoms with Crippen LogP contribution in [0.2, 0.25) is 0 Å². The van der Waals surface area contributed by atoms with E-state index in [-0.39, 0.29) is 22.4 Å². The SMILES string of the molecule is CC12c3ccccc3[C@@]3(C)C4[C@@](Cc5ccc(F)cc5)(c5ccccc51)[N+]423. The second-order valence-electron chi connectivity index (χ2n) is 9.16. The largest absolute Gasteiger partial charge is 0.270 e. The van der Waals surface area contributed by atoms with Gasteiger partial charge in [0.05, 0.1) is 0 Å². The maximum Gasteiger partial charge on any atom is 0.211 e. The van der Waals surface area contributed by atoms with Gasteiger partial charge in [-0.05, 0) is 24.6 Å². The number of halogens is 1. The second-order valence-corrected chi connectivity index (χ2v) is 9.16. The predicted molar refractivity (Wildman–Crippen MR) is 103 cm³/mol. The smallest absolute Gasteiger partial charge is 0.211 e. The number of hydrogen-bond donors (Lipinski definition) is 0. The van der Waals surface area contributed by atoms with Gasteiger partial charge in [-0.15, -0.1) is 0 Å². The molecule has 3 aromatic carbocycles. The van der Waals surface area contributed by atoms with Crippen molar-refractivity contribution in [1.29, 1.82) is 0 Å². The summed E-state index contributed by atoms with van der Waals surface area (Å²) in [6.07, 6.45) is 0.994. The van der Waals surface area contributed by atoms with Gasteiger partial charge in [-0.25, -0.2) is 4.39 Å². The van der Waals surface area contributed by atoms with Crippen molar-refractivity contribution in [3.05, 3.63) is 106 Å². The molecule has 4 aliphatic rings. The van der Waals surface area contributed by atoms with E-state index in [9.17, 15) is 4.39 Å². The van der Waals surface area contributed by atoms with Crippen LogP contribution in [0.15, 0.2) is 72.8 Å². The molecule has 7 rings (SSSR count). The van der Waals surface area contributed by atoms with Crippen molar-refractivity contribution in [1.82, 2.24) is 0 Å². The standard InChI is InChI=1S/C25H21FN/c1-23-18-7-3-4-8-19(18)24(2)22-25(27(22,23)24,21-10-6-5-9-20(21)23)15-16-11-13-17(26)14-12-16/h3-14,22H,15H2,1-2H3/q+1/t22?,23?,24-,25+,27?/m0/s1. The minimum absolute atomic E-state index is 0.0344. The molecule has 1 spiro atoms. The molecule has 0 bridgehead atoms. The Morgan fingerprint density at radius 2 is 1.33 bits per heavy atom. The van der Waals surface area contributed by atoms with E-state index in [1.165, 1.54) is 22.3 Å². The molecule has 0 aliphatic carbocycles. The van der Waals surface area contributed by atoms with Gasteiger partial charge in [-0.2, -0.15) is 0 Å². The molecule has 0 N–H and O–H groups in total. The number of fused-ring (bicyclic) bond motifs is 8. The third-order valence-electron chi connectivity index (χ3n) is 8.61. The number of nitrogens with zero attached hydrogens (tertiary/aromatic N) is 1. The lowest BCUT2D eigenvalue weighted by molar-refractivity contribution is -0.832. The van der Waals surface area contributed by atoms with E-state index in [2.05, 4.69) is 62.4 Å². The van der Waals surface area contributed by atoms with Crippen molar-refractivity contribution >= 4 is 0 Å². The van der Waals surface area contributed by atoms with Gasteiger partial charge in [0, 0.05) is 35.6 Å². The zero-order chi connectivity index (χ0) is 18.2. The summed E-state index contributed by atoms with van der Waals surface area (Å²) in [4.78, 5) is 0. The molecule has 0 amide bonds. The van der Waals surface area contributed by atoms with Gasteiger partial charge in [0.2, 0.25) is 6.04 Å². The summed E-state index contributed by atoms with van der Waals surface area (Å²) in [5.74, 6) is -0.153. The van der Waals surface area contributed by atoms with Crippen molar-refractivity contribution in [2.45, 2.75) is 42.9 Å². The molecular formula is C25H21FN+. The fourth-order valence-electron chi connectivity index (χ4n) is 8.02. The predicted octanol–water partition coefficient (Wildman–Crippen LogP) is 4.98. The molecule has 2 fully saturated rings. The van der Waals surface area contributed by atoms with Gasteiger partial charge in [-0.3, -0.25) is 4.48 Å². The highest BCUT2D eigenvalue weighted by Gasteiger charge is 3.15. The third-order valence-corrected chi connectivity index (χ3v) is 8.61. The molecule has 0 aromatic heterocycles. The lowest BCUT2D eigenvalue weighted by atomic mass is 9.72. The topological polar surface area (TPSA) is 0 Å². The van der Waals surface area contributed by atoms with Gasteiger partial charge in [0.1, 0.15) is 5.82 Å². The molecule has 0 radical (unpaired) electrons. The highest BCUT2D eigenvalue weighted by molar-refractivity contribution is 5.67. The van der Waals surface area contributed by atoms with Crippen LogP contribution in [0.4, 0.5) is 4.39 Å². The summed E-state index contributed by atoms with van der Waals surface area (Å²) in [5.41, 5.74) is 7.73. The molecule has 3 aromatic rings. The maximum atomic E-state index is 13.5. The molecule has 2 saturated heterocycles. The first kappa shape index (κ1) is 14.6. The number of hydrogen-bond acceptors (Lipinski definition) is 0. The molecule has 4 aliphatic heterocycles. The van der Waals surface area contributed by atoms with E-state index < -0.39 is 0 Å². The van der Waals surface area contributed by atoms with Crippen LogP contribution >= 0.6 is 0 Å². The van der Waals surface area contributed by atoms with Crippen LogP contribution in [-0.2, 0) is 23.0 Å². The Hall–Kier alpha value is -2.45. The van der Waals surface area contributed by atoms with Gasteiger partial charge in [0.15, 0.2) is 16.6 Å². The van der Waals surface area contributed by atoms with Crippen LogP contribution in [0.3, 0.4) is 0 Å². The summed E-state index contributed by atoms with van der Waals surface area (Å²) in [7, 11) is 0. The minimum atomic E-state index is -0.153. The highest BCUT2D eigenvalue weighted by Crippen LogP contribution is 2.97. The average molecular weight is 354 g/mol. The fourth-order valence-corrected chi connectivity index (χ4v) is 8.02. The molecule has 132 valence electrons. The first-order valence-corrected chi connectivity index (χ1v) is 9.88. The number of rotatable bonds is 2. The summed E-state index contributed by atoms with van der Waals surface area (Å²) < 4.78 is 14.6. The minimum Gasteiger partial charge on any atom is -0.270 e. The summed E-state index contributed by atoms with van der Waals surface area (Å²) >= 11 is 0.